The number of benzene rings is 1. The normalized spacial score (nSPS) is 25.2. The number of fused-ring (bicyclic) bond motifs is 2. The molecule has 7 nitrogen and oxygen atoms in total. The van der Waals surface area contributed by atoms with E-state index in [1.807, 2.05) is 34.9 Å². The Kier molecular flexibility index (Phi) is 4.64. The highest BCUT2D eigenvalue weighted by Crippen LogP contribution is 2.55. The number of nitrogens with one attached hydrogen (secondary N) is 1. The van der Waals surface area contributed by atoms with Crippen LogP contribution in [-0.2, 0) is 9.53 Å². The van der Waals surface area contributed by atoms with Crippen LogP contribution in [0.2, 0.25) is 0 Å². The Morgan fingerprint density at radius 1 is 1.09 bits per heavy atom. The molecule has 3 aromatic heterocycles. The van der Waals surface area contributed by atoms with Gasteiger partial charge in [0.05, 0.1) is 12.6 Å². The van der Waals surface area contributed by atoms with E-state index in [0.717, 1.165) is 53.9 Å². The first-order valence-corrected chi connectivity index (χ1v) is 11.2. The summed E-state index contributed by atoms with van der Waals surface area (Å²) in [6.45, 7) is 0.867. The Morgan fingerprint density at radius 2 is 2.03 bits per heavy atom. The van der Waals surface area contributed by atoms with Gasteiger partial charge >= 0.3 is 5.97 Å². The predicted molar refractivity (Wildman–Crippen MR) is 121 cm³/mol. The largest absolute Gasteiger partial charge is 0.468 e. The molecule has 1 saturated carbocycles. The van der Waals surface area contributed by atoms with Crippen LogP contribution in [0.5, 0.6) is 0 Å². The third-order valence-electron chi connectivity index (χ3n) is 7.07. The summed E-state index contributed by atoms with van der Waals surface area (Å²) in [5.41, 5.74) is 3.99. The first-order valence-electron chi connectivity index (χ1n) is 11.2. The lowest BCUT2D eigenvalue weighted by Gasteiger charge is -2.29. The highest BCUT2D eigenvalue weighted by Gasteiger charge is 2.46. The van der Waals surface area contributed by atoms with Crippen LogP contribution in [0.25, 0.3) is 28.1 Å². The topological polar surface area (TPSA) is 81.4 Å². The molecule has 6 rings (SSSR count). The lowest BCUT2D eigenvalue weighted by Crippen LogP contribution is -2.44. The van der Waals surface area contributed by atoms with Gasteiger partial charge in [-0.25, -0.2) is 4.98 Å². The van der Waals surface area contributed by atoms with Crippen LogP contribution in [0.15, 0.2) is 54.7 Å². The van der Waals surface area contributed by atoms with Gasteiger partial charge in [-0.2, -0.15) is 0 Å². The monoisotopic (exact) mass is 427 g/mol. The van der Waals surface area contributed by atoms with E-state index >= 15 is 0 Å². The van der Waals surface area contributed by atoms with Gasteiger partial charge in [-0.05, 0) is 67.3 Å². The van der Waals surface area contributed by atoms with Gasteiger partial charge in [-0.1, -0.05) is 30.3 Å². The van der Waals surface area contributed by atoms with Gasteiger partial charge in [-0.15, -0.1) is 10.2 Å². The summed E-state index contributed by atoms with van der Waals surface area (Å²) in [6, 6.07) is 16.3. The van der Waals surface area contributed by atoms with E-state index in [1.165, 1.54) is 12.7 Å². The second kappa shape index (κ2) is 7.67. The van der Waals surface area contributed by atoms with Crippen molar-refractivity contribution >= 4 is 22.5 Å². The van der Waals surface area contributed by atoms with Crippen molar-refractivity contribution in [3.05, 3.63) is 60.3 Å². The van der Waals surface area contributed by atoms with Crippen molar-refractivity contribution < 1.29 is 9.53 Å². The van der Waals surface area contributed by atoms with Gasteiger partial charge in [0.25, 0.3) is 0 Å². The quantitative estimate of drug-likeness (QED) is 0.501. The van der Waals surface area contributed by atoms with Crippen LogP contribution in [-0.4, -0.2) is 45.2 Å². The summed E-state index contributed by atoms with van der Waals surface area (Å²) in [5.74, 6) is 2.21. The number of hydrogen-bond acceptors (Lipinski definition) is 6. The van der Waals surface area contributed by atoms with Gasteiger partial charge in [-0.3, -0.25) is 9.20 Å². The molecule has 0 amide bonds. The highest BCUT2D eigenvalue weighted by atomic mass is 16.5. The van der Waals surface area contributed by atoms with Crippen LogP contribution in [0.1, 0.15) is 30.7 Å². The number of aromatic nitrogens is 4. The van der Waals surface area contributed by atoms with Crippen molar-refractivity contribution in [3.63, 3.8) is 0 Å². The van der Waals surface area contributed by atoms with Crippen LogP contribution in [0.3, 0.4) is 0 Å². The lowest BCUT2D eigenvalue weighted by molar-refractivity contribution is -0.144. The molecular weight excluding hydrogens is 402 g/mol. The van der Waals surface area contributed by atoms with Gasteiger partial charge in [0.15, 0.2) is 11.5 Å². The molecule has 32 heavy (non-hydrogen) atoms. The molecular formula is C25H25N5O2. The minimum Gasteiger partial charge on any atom is -0.468 e. The number of piperidine rings is 1. The van der Waals surface area contributed by atoms with Crippen molar-refractivity contribution in [2.45, 2.75) is 31.2 Å². The second-order valence-corrected chi connectivity index (χ2v) is 8.89. The fourth-order valence-electron chi connectivity index (χ4n) is 5.36. The number of rotatable bonds is 4. The standard InChI is InChI=1S/C25H25N5O2/c1-32-25(31)21-13-16(10-11-26-21)18-14-19(18)17-6-4-5-15-8-9-20(27-23(15)17)24-29-28-22-7-2-3-12-30(22)24/h2-9,12,16,18-19,21,26H,10-11,13-14H2,1H3/t16-,18?,19?,21-/m0/s1. The maximum Gasteiger partial charge on any atom is 0.322 e. The first-order chi connectivity index (χ1) is 15.7. The zero-order valence-electron chi connectivity index (χ0n) is 17.9. The second-order valence-electron chi connectivity index (χ2n) is 8.89. The van der Waals surface area contributed by atoms with Crippen LogP contribution in [0.4, 0.5) is 0 Å². The average Bonchev–Trinajstić information content (AvgIpc) is 3.53. The predicted octanol–water partition coefficient (Wildman–Crippen LogP) is 3.59. The molecule has 0 spiro atoms. The molecule has 1 N–H and O–H groups in total. The van der Waals surface area contributed by atoms with Gasteiger partial charge < -0.3 is 10.1 Å². The number of nitrogens with zero attached hydrogens (tertiary/aromatic N) is 4. The molecule has 2 fully saturated rings. The minimum absolute atomic E-state index is 0.149. The first kappa shape index (κ1) is 19.4. The smallest absolute Gasteiger partial charge is 0.322 e. The van der Waals surface area contributed by atoms with E-state index in [9.17, 15) is 4.79 Å². The van der Waals surface area contributed by atoms with E-state index in [0.29, 0.717) is 17.8 Å². The molecule has 2 aliphatic rings. The molecule has 2 unspecified atom stereocenters. The molecule has 7 heteroatoms. The van der Waals surface area contributed by atoms with Gasteiger partial charge in [0.1, 0.15) is 11.7 Å². The number of ether oxygens (including phenoxy) is 1. The number of carbonyl (C=O) groups excluding carboxylic acids is 1. The molecule has 0 bridgehead atoms. The number of pyridine rings is 2. The van der Waals surface area contributed by atoms with Gasteiger partial charge in [0.2, 0.25) is 0 Å². The molecule has 4 heterocycles. The van der Waals surface area contributed by atoms with Crippen molar-refractivity contribution in [1.29, 1.82) is 0 Å². The number of esters is 1. The summed E-state index contributed by atoms with van der Waals surface area (Å²) >= 11 is 0. The van der Waals surface area contributed by atoms with E-state index in [-0.39, 0.29) is 12.0 Å². The average molecular weight is 428 g/mol. The summed E-state index contributed by atoms with van der Waals surface area (Å²) in [7, 11) is 1.46. The zero-order valence-corrected chi connectivity index (χ0v) is 17.9. The van der Waals surface area contributed by atoms with E-state index in [2.05, 4.69) is 39.8 Å². The highest BCUT2D eigenvalue weighted by molar-refractivity contribution is 5.85. The fraction of sp³-hybridized carbons (Fsp3) is 0.360. The third-order valence-corrected chi connectivity index (χ3v) is 7.07. The number of hydrogen-bond donors (Lipinski definition) is 1. The van der Waals surface area contributed by atoms with Crippen LogP contribution >= 0.6 is 0 Å². The van der Waals surface area contributed by atoms with E-state index in [4.69, 9.17) is 9.72 Å². The number of para-hydroxylation sites is 1. The van der Waals surface area contributed by atoms with E-state index < -0.39 is 0 Å². The molecule has 1 aliphatic heterocycles. The molecule has 1 aromatic carbocycles. The van der Waals surface area contributed by atoms with Crippen molar-refractivity contribution in [1.82, 2.24) is 24.9 Å². The molecule has 1 aliphatic carbocycles. The number of carbonyl (C=O) groups is 1. The SMILES string of the molecule is COC(=O)[C@@H]1C[C@@H](C2CC2c2cccc3ccc(-c4nnc5ccccn45)nc23)CCN1. The van der Waals surface area contributed by atoms with Crippen molar-refractivity contribution in [2.75, 3.05) is 13.7 Å². The number of methoxy groups -OCH3 is 1. The Bertz CT molecular complexity index is 1320. The summed E-state index contributed by atoms with van der Waals surface area (Å²) in [5, 5.41) is 13.1. The molecule has 1 saturated heterocycles. The molecule has 4 aromatic rings. The Hall–Kier alpha value is -3.32. The molecule has 4 atom stereocenters. The Balaban J connectivity index is 1.32. The summed E-state index contributed by atoms with van der Waals surface area (Å²) < 4.78 is 6.93. The van der Waals surface area contributed by atoms with Crippen LogP contribution < -0.4 is 5.32 Å². The van der Waals surface area contributed by atoms with Crippen molar-refractivity contribution in [3.8, 4) is 11.5 Å². The summed E-state index contributed by atoms with van der Waals surface area (Å²) in [6.07, 6.45) is 5.07. The van der Waals surface area contributed by atoms with Crippen molar-refractivity contribution in [2.24, 2.45) is 11.8 Å². The van der Waals surface area contributed by atoms with Gasteiger partial charge in [0, 0.05) is 11.6 Å². The minimum atomic E-state index is -0.182. The fourth-order valence-corrected chi connectivity index (χ4v) is 5.36. The Morgan fingerprint density at radius 3 is 2.94 bits per heavy atom. The Labute approximate surface area is 185 Å². The molecule has 0 radical (unpaired) electrons. The zero-order chi connectivity index (χ0) is 21.7. The van der Waals surface area contributed by atoms with Crippen LogP contribution in [0, 0.1) is 11.8 Å². The summed E-state index contributed by atoms with van der Waals surface area (Å²) in [4.78, 5) is 17.1. The maximum absolute atomic E-state index is 12.0. The maximum atomic E-state index is 12.0. The lowest BCUT2D eigenvalue weighted by atomic mass is 9.86. The third kappa shape index (κ3) is 3.24. The molecule has 162 valence electrons. The van der Waals surface area contributed by atoms with E-state index in [1.54, 1.807) is 0 Å².